The average molecular weight is 253 g/mol. The molecular formula is C12H13ClN2O2. The maximum absolute atomic E-state index is 11.7. The van der Waals surface area contributed by atoms with Crippen LogP contribution in [0.15, 0.2) is 24.3 Å². The van der Waals surface area contributed by atoms with Crippen molar-refractivity contribution in [1.29, 1.82) is 0 Å². The topological polar surface area (TPSA) is 63.4 Å². The van der Waals surface area contributed by atoms with Crippen molar-refractivity contribution < 1.29 is 9.59 Å². The Hall–Kier alpha value is -1.55. The van der Waals surface area contributed by atoms with Crippen LogP contribution in [0.25, 0.3) is 0 Å². The van der Waals surface area contributed by atoms with Crippen LogP contribution >= 0.6 is 11.6 Å². The first-order valence-electron chi connectivity index (χ1n) is 5.35. The predicted molar refractivity (Wildman–Crippen MR) is 64.4 cm³/mol. The number of fused-ring (bicyclic) bond motifs is 1. The Morgan fingerprint density at radius 1 is 1.35 bits per heavy atom. The third kappa shape index (κ3) is 2.26. The molecule has 1 aromatic carbocycles. The fraction of sp³-hybridized carbons (Fsp3) is 0.333. The molecule has 0 saturated carbocycles. The maximum atomic E-state index is 11.7. The molecule has 0 aliphatic carbocycles. The molecule has 1 aliphatic rings. The second-order valence-corrected chi connectivity index (χ2v) is 4.31. The van der Waals surface area contributed by atoms with Crippen LogP contribution in [-0.4, -0.2) is 28.6 Å². The van der Waals surface area contributed by atoms with Crippen LogP contribution in [0.4, 0.5) is 0 Å². The van der Waals surface area contributed by atoms with Crippen LogP contribution in [0.5, 0.6) is 0 Å². The average Bonchev–Trinajstić information content (AvgIpc) is 2.36. The van der Waals surface area contributed by atoms with E-state index in [2.05, 4.69) is 0 Å². The van der Waals surface area contributed by atoms with Gasteiger partial charge in [0.15, 0.2) is 0 Å². The Kier molecular flexibility index (Phi) is 3.33. The molecule has 17 heavy (non-hydrogen) atoms. The molecule has 0 saturated heterocycles. The summed E-state index contributed by atoms with van der Waals surface area (Å²) in [5.74, 6) is -0.880. The van der Waals surface area contributed by atoms with Crippen molar-refractivity contribution >= 4 is 23.4 Å². The van der Waals surface area contributed by atoms with Gasteiger partial charge in [-0.25, -0.2) is 0 Å². The van der Waals surface area contributed by atoms with Crippen LogP contribution in [0.2, 0.25) is 0 Å². The van der Waals surface area contributed by atoms with Gasteiger partial charge in [-0.15, -0.1) is 11.6 Å². The Morgan fingerprint density at radius 2 is 2.00 bits per heavy atom. The number of benzene rings is 1. The zero-order valence-corrected chi connectivity index (χ0v) is 9.98. The minimum Gasteiger partial charge on any atom is -0.368 e. The van der Waals surface area contributed by atoms with E-state index in [1.54, 1.807) is 0 Å². The minimum absolute atomic E-state index is 0.133. The van der Waals surface area contributed by atoms with Crippen LogP contribution in [-0.2, 0) is 22.6 Å². The highest BCUT2D eigenvalue weighted by Gasteiger charge is 2.32. The molecule has 1 aromatic rings. The lowest BCUT2D eigenvalue weighted by Gasteiger charge is -2.34. The predicted octanol–water partition coefficient (Wildman–Crippen LogP) is 0.664. The van der Waals surface area contributed by atoms with Crippen molar-refractivity contribution in [3.8, 4) is 0 Å². The van der Waals surface area contributed by atoms with Crippen molar-refractivity contribution in [2.45, 2.75) is 19.0 Å². The zero-order chi connectivity index (χ0) is 12.4. The van der Waals surface area contributed by atoms with E-state index in [-0.39, 0.29) is 11.8 Å². The number of nitrogens with zero attached hydrogens (tertiary/aromatic N) is 1. The van der Waals surface area contributed by atoms with Gasteiger partial charge in [-0.1, -0.05) is 24.3 Å². The molecule has 4 nitrogen and oxygen atoms in total. The number of rotatable bonds is 2. The third-order valence-electron chi connectivity index (χ3n) is 3.01. The molecule has 0 unspecified atom stereocenters. The molecule has 0 fully saturated rings. The molecule has 2 rings (SSSR count). The molecule has 0 aromatic heterocycles. The lowest BCUT2D eigenvalue weighted by atomic mass is 9.93. The van der Waals surface area contributed by atoms with Gasteiger partial charge in [-0.05, 0) is 11.1 Å². The van der Waals surface area contributed by atoms with Gasteiger partial charge in [0.2, 0.25) is 11.8 Å². The SMILES string of the molecule is NC(=O)[C@@H]1Cc2ccccc2CN1C(=O)CCl. The zero-order valence-electron chi connectivity index (χ0n) is 9.23. The highest BCUT2D eigenvalue weighted by molar-refractivity contribution is 6.27. The Labute approximate surface area is 104 Å². The van der Waals surface area contributed by atoms with E-state index in [1.165, 1.54) is 4.90 Å². The highest BCUT2D eigenvalue weighted by Crippen LogP contribution is 2.23. The molecule has 2 N–H and O–H groups in total. The largest absolute Gasteiger partial charge is 0.368 e. The number of hydrogen-bond acceptors (Lipinski definition) is 2. The normalized spacial score (nSPS) is 18.6. The third-order valence-corrected chi connectivity index (χ3v) is 3.24. The minimum atomic E-state index is -0.587. The number of primary amides is 1. The van der Waals surface area contributed by atoms with Gasteiger partial charge in [0.1, 0.15) is 11.9 Å². The molecule has 2 amide bonds. The number of halogens is 1. The number of hydrogen-bond donors (Lipinski definition) is 1. The number of nitrogens with two attached hydrogens (primary N) is 1. The van der Waals surface area contributed by atoms with Crippen LogP contribution in [0.3, 0.4) is 0 Å². The van der Waals surface area contributed by atoms with E-state index in [4.69, 9.17) is 17.3 Å². The summed E-state index contributed by atoms with van der Waals surface area (Å²) in [7, 11) is 0. The standard InChI is InChI=1S/C12H13ClN2O2/c13-6-11(16)15-7-9-4-2-1-3-8(9)5-10(15)12(14)17/h1-4,10H,5-7H2,(H2,14,17)/t10-/m0/s1. The summed E-state index contributed by atoms with van der Waals surface area (Å²) >= 11 is 5.54. The summed E-state index contributed by atoms with van der Waals surface area (Å²) in [5, 5.41) is 0. The van der Waals surface area contributed by atoms with E-state index in [1.807, 2.05) is 24.3 Å². The smallest absolute Gasteiger partial charge is 0.240 e. The Morgan fingerprint density at radius 3 is 2.59 bits per heavy atom. The van der Waals surface area contributed by atoms with E-state index in [0.717, 1.165) is 11.1 Å². The first kappa shape index (κ1) is 11.9. The number of alkyl halides is 1. The second kappa shape index (κ2) is 4.75. The van der Waals surface area contributed by atoms with Crippen molar-refractivity contribution in [3.05, 3.63) is 35.4 Å². The highest BCUT2D eigenvalue weighted by atomic mass is 35.5. The van der Waals surface area contributed by atoms with Gasteiger partial charge in [-0.2, -0.15) is 0 Å². The van der Waals surface area contributed by atoms with Gasteiger partial charge in [-0.3, -0.25) is 9.59 Å². The van der Waals surface area contributed by atoms with Gasteiger partial charge in [0.25, 0.3) is 0 Å². The molecule has 1 aliphatic heterocycles. The van der Waals surface area contributed by atoms with E-state index in [0.29, 0.717) is 13.0 Å². The lowest BCUT2D eigenvalue weighted by Crippen LogP contribution is -2.51. The quantitative estimate of drug-likeness (QED) is 0.786. The van der Waals surface area contributed by atoms with Crippen molar-refractivity contribution in [1.82, 2.24) is 4.90 Å². The second-order valence-electron chi connectivity index (χ2n) is 4.05. The molecule has 1 heterocycles. The van der Waals surface area contributed by atoms with Crippen molar-refractivity contribution in [3.63, 3.8) is 0 Å². The van der Waals surface area contributed by atoms with Gasteiger partial charge >= 0.3 is 0 Å². The van der Waals surface area contributed by atoms with Crippen LogP contribution < -0.4 is 5.73 Å². The number of carbonyl (C=O) groups is 2. The first-order valence-corrected chi connectivity index (χ1v) is 5.88. The summed E-state index contributed by atoms with van der Waals surface area (Å²) in [5.41, 5.74) is 7.44. The van der Waals surface area contributed by atoms with Crippen LogP contribution in [0, 0.1) is 0 Å². The molecule has 90 valence electrons. The Balaban J connectivity index is 2.34. The monoisotopic (exact) mass is 252 g/mol. The fourth-order valence-corrected chi connectivity index (χ4v) is 2.27. The van der Waals surface area contributed by atoms with Gasteiger partial charge in [0.05, 0.1) is 0 Å². The summed E-state index contributed by atoms with van der Waals surface area (Å²) < 4.78 is 0. The van der Waals surface area contributed by atoms with E-state index in [9.17, 15) is 9.59 Å². The maximum Gasteiger partial charge on any atom is 0.240 e. The molecule has 1 atom stereocenters. The Bertz CT molecular complexity index is 462. The fourth-order valence-electron chi connectivity index (χ4n) is 2.12. The van der Waals surface area contributed by atoms with Crippen molar-refractivity contribution in [2.75, 3.05) is 5.88 Å². The van der Waals surface area contributed by atoms with Gasteiger partial charge in [0, 0.05) is 13.0 Å². The summed E-state index contributed by atoms with van der Waals surface area (Å²) in [6, 6.07) is 7.13. The summed E-state index contributed by atoms with van der Waals surface area (Å²) in [6.07, 6.45) is 0.466. The summed E-state index contributed by atoms with van der Waals surface area (Å²) in [4.78, 5) is 24.5. The lowest BCUT2D eigenvalue weighted by molar-refractivity contribution is -0.138. The molecule has 0 bridgehead atoms. The number of amides is 2. The molecule has 5 heteroatoms. The molecular weight excluding hydrogens is 240 g/mol. The molecule has 0 spiro atoms. The summed E-state index contributed by atoms with van der Waals surface area (Å²) in [6.45, 7) is 0.398. The molecule has 0 radical (unpaired) electrons. The first-order chi connectivity index (χ1) is 8.13. The van der Waals surface area contributed by atoms with Gasteiger partial charge < -0.3 is 10.6 Å². The van der Waals surface area contributed by atoms with Crippen molar-refractivity contribution in [2.24, 2.45) is 5.73 Å². The van der Waals surface area contributed by atoms with E-state index >= 15 is 0 Å². The van der Waals surface area contributed by atoms with E-state index < -0.39 is 11.9 Å². The number of carbonyl (C=O) groups excluding carboxylic acids is 2. The van der Waals surface area contributed by atoms with Crippen LogP contribution in [0.1, 0.15) is 11.1 Å².